The Kier molecular flexibility index (Phi) is 5.40. The van der Waals surface area contributed by atoms with Gasteiger partial charge in [0.1, 0.15) is 5.65 Å². The second-order valence-electron chi connectivity index (χ2n) is 5.06. The summed E-state index contributed by atoms with van der Waals surface area (Å²) in [6, 6.07) is 4.21. The van der Waals surface area contributed by atoms with Crippen LogP contribution in [-0.4, -0.2) is 16.1 Å². The number of hydrogen-bond donors (Lipinski definition) is 1. The lowest BCUT2D eigenvalue weighted by Crippen LogP contribution is -2.11. The Morgan fingerprint density at radius 3 is 2.89 bits per heavy atom. The fourth-order valence-electron chi connectivity index (χ4n) is 2.48. The van der Waals surface area contributed by atoms with E-state index >= 15 is 0 Å². The number of fused-ring (bicyclic) bond motifs is 1. The van der Waals surface area contributed by atoms with Crippen molar-refractivity contribution >= 4 is 11.0 Å². The minimum atomic E-state index is 0.931. The molecule has 0 amide bonds. The molecule has 0 fully saturated rings. The maximum absolute atomic E-state index is 4.54. The van der Waals surface area contributed by atoms with Crippen molar-refractivity contribution in [1.29, 1.82) is 0 Å². The van der Waals surface area contributed by atoms with Gasteiger partial charge in [-0.3, -0.25) is 0 Å². The predicted molar refractivity (Wildman–Crippen MR) is 81.3 cm³/mol. The van der Waals surface area contributed by atoms with Gasteiger partial charge in [-0.2, -0.15) is 0 Å². The predicted octanol–water partition coefficient (Wildman–Crippen LogP) is 3.73. The Hall–Kier alpha value is -1.35. The van der Waals surface area contributed by atoms with Gasteiger partial charge < -0.3 is 9.88 Å². The molecule has 0 saturated heterocycles. The van der Waals surface area contributed by atoms with Crippen LogP contribution in [0.25, 0.3) is 11.0 Å². The van der Waals surface area contributed by atoms with Crippen LogP contribution in [0, 0.1) is 0 Å². The van der Waals surface area contributed by atoms with Gasteiger partial charge in [-0.05, 0) is 30.7 Å². The fraction of sp³-hybridized carbons (Fsp3) is 0.562. The second-order valence-corrected chi connectivity index (χ2v) is 5.06. The van der Waals surface area contributed by atoms with Crippen LogP contribution in [0.15, 0.2) is 24.5 Å². The Balaban J connectivity index is 2.13. The minimum absolute atomic E-state index is 0.931. The van der Waals surface area contributed by atoms with Crippen molar-refractivity contribution in [2.45, 2.75) is 52.6 Å². The molecule has 0 radical (unpaired) electrons. The summed E-state index contributed by atoms with van der Waals surface area (Å²) >= 11 is 0. The van der Waals surface area contributed by atoms with Crippen LogP contribution in [0.4, 0.5) is 0 Å². The summed E-state index contributed by atoms with van der Waals surface area (Å²) in [5, 5.41) is 4.70. The third-order valence-corrected chi connectivity index (χ3v) is 3.53. The van der Waals surface area contributed by atoms with Crippen molar-refractivity contribution in [3.63, 3.8) is 0 Å². The molecule has 104 valence electrons. The first kappa shape index (κ1) is 14.1. The number of aromatic nitrogens is 2. The summed E-state index contributed by atoms with van der Waals surface area (Å²) < 4.78 is 2.32. The van der Waals surface area contributed by atoms with Crippen molar-refractivity contribution < 1.29 is 0 Å². The highest BCUT2D eigenvalue weighted by Crippen LogP contribution is 2.20. The normalized spacial score (nSPS) is 11.3. The molecule has 3 nitrogen and oxygen atoms in total. The maximum atomic E-state index is 4.54. The Morgan fingerprint density at radius 1 is 1.21 bits per heavy atom. The van der Waals surface area contributed by atoms with E-state index in [9.17, 15) is 0 Å². The Morgan fingerprint density at radius 2 is 2.11 bits per heavy atom. The van der Waals surface area contributed by atoms with Gasteiger partial charge in [-0.15, -0.1) is 0 Å². The van der Waals surface area contributed by atoms with Gasteiger partial charge >= 0.3 is 0 Å². The number of nitrogens with zero attached hydrogens (tertiary/aromatic N) is 2. The van der Waals surface area contributed by atoms with Crippen LogP contribution in [0.2, 0.25) is 0 Å². The molecule has 0 unspecified atom stereocenters. The fourth-order valence-corrected chi connectivity index (χ4v) is 2.48. The van der Waals surface area contributed by atoms with Gasteiger partial charge in [0.15, 0.2) is 0 Å². The van der Waals surface area contributed by atoms with E-state index in [2.05, 4.69) is 41.0 Å². The highest BCUT2D eigenvalue weighted by molar-refractivity contribution is 5.80. The number of pyridine rings is 1. The molecule has 3 heteroatoms. The first-order valence-electron chi connectivity index (χ1n) is 7.50. The molecule has 2 aromatic rings. The van der Waals surface area contributed by atoms with E-state index in [1.54, 1.807) is 0 Å². The average Bonchev–Trinajstić information content (AvgIpc) is 2.80. The Bertz CT molecular complexity index is 502. The van der Waals surface area contributed by atoms with Crippen LogP contribution in [0.1, 0.15) is 45.1 Å². The smallest absolute Gasteiger partial charge is 0.140 e. The van der Waals surface area contributed by atoms with E-state index < -0.39 is 0 Å². The van der Waals surface area contributed by atoms with E-state index in [0.29, 0.717) is 0 Å². The topological polar surface area (TPSA) is 29.9 Å². The monoisotopic (exact) mass is 259 g/mol. The molecule has 0 aliphatic rings. The van der Waals surface area contributed by atoms with Crippen molar-refractivity contribution in [3.8, 4) is 0 Å². The summed E-state index contributed by atoms with van der Waals surface area (Å²) in [5.41, 5.74) is 2.49. The molecule has 2 rings (SSSR count). The number of hydrogen-bond acceptors (Lipinski definition) is 2. The van der Waals surface area contributed by atoms with Gasteiger partial charge in [-0.1, -0.05) is 33.1 Å². The van der Waals surface area contributed by atoms with E-state index in [4.69, 9.17) is 0 Å². The van der Waals surface area contributed by atoms with Crippen LogP contribution in [-0.2, 0) is 13.1 Å². The summed E-state index contributed by atoms with van der Waals surface area (Å²) in [6.07, 6.45) is 9.34. The molecule has 0 aromatic carbocycles. The van der Waals surface area contributed by atoms with Crippen molar-refractivity contribution in [1.82, 2.24) is 14.9 Å². The lowest BCUT2D eigenvalue weighted by atomic mass is 10.2. The molecule has 19 heavy (non-hydrogen) atoms. The van der Waals surface area contributed by atoms with Crippen LogP contribution in [0.3, 0.4) is 0 Å². The Labute approximate surface area is 116 Å². The largest absolute Gasteiger partial charge is 0.332 e. The summed E-state index contributed by atoms with van der Waals surface area (Å²) in [4.78, 5) is 4.54. The highest BCUT2D eigenvalue weighted by atomic mass is 15.0. The van der Waals surface area contributed by atoms with Gasteiger partial charge in [0.05, 0.1) is 0 Å². The summed E-state index contributed by atoms with van der Waals surface area (Å²) in [7, 11) is 0. The molecule has 2 aromatic heterocycles. The van der Waals surface area contributed by atoms with E-state index in [0.717, 1.165) is 25.3 Å². The number of rotatable bonds is 8. The van der Waals surface area contributed by atoms with Crippen LogP contribution >= 0.6 is 0 Å². The van der Waals surface area contributed by atoms with Gasteiger partial charge in [0.25, 0.3) is 0 Å². The maximum Gasteiger partial charge on any atom is 0.140 e. The van der Waals surface area contributed by atoms with E-state index in [1.165, 1.54) is 36.6 Å². The van der Waals surface area contributed by atoms with E-state index in [-0.39, 0.29) is 0 Å². The SMILES string of the molecule is CCCCCCn1cc(CNCC)c2cccnc21. The first-order valence-corrected chi connectivity index (χ1v) is 7.50. The first-order chi connectivity index (χ1) is 9.36. The van der Waals surface area contributed by atoms with Crippen molar-refractivity contribution in [2.75, 3.05) is 6.54 Å². The molecular formula is C16H25N3. The zero-order chi connectivity index (χ0) is 13.5. The van der Waals surface area contributed by atoms with Crippen LogP contribution in [0.5, 0.6) is 0 Å². The standard InChI is InChI=1S/C16H25N3/c1-3-5-6-7-11-19-13-14(12-17-4-2)15-9-8-10-18-16(15)19/h8-10,13,17H,3-7,11-12H2,1-2H3. The second kappa shape index (κ2) is 7.29. The zero-order valence-corrected chi connectivity index (χ0v) is 12.2. The molecule has 0 saturated carbocycles. The van der Waals surface area contributed by atoms with Crippen molar-refractivity contribution in [2.24, 2.45) is 0 Å². The molecule has 0 bridgehead atoms. The molecule has 1 N–H and O–H groups in total. The van der Waals surface area contributed by atoms with Crippen LogP contribution < -0.4 is 5.32 Å². The minimum Gasteiger partial charge on any atom is -0.332 e. The van der Waals surface area contributed by atoms with Gasteiger partial charge in [0.2, 0.25) is 0 Å². The number of nitrogens with one attached hydrogen (secondary N) is 1. The molecule has 0 atom stereocenters. The lowest BCUT2D eigenvalue weighted by Gasteiger charge is -2.03. The molecule has 2 heterocycles. The molecular weight excluding hydrogens is 234 g/mol. The lowest BCUT2D eigenvalue weighted by molar-refractivity contribution is 0.589. The molecule has 0 spiro atoms. The molecule has 0 aliphatic carbocycles. The zero-order valence-electron chi connectivity index (χ0n) is 12.2. The third-order valence-electron chi connectivity index (χ3n) is 3.53. The summed E-state index contributed by atoms with van der Waals surface area (Å²) in [5.74, 6) is 0. The van der Waals surface area contributed by atoms with E-state index in [1.807, 2.05) is 12.3 Å². The van der Waals surface area contributed by atoms with Crippen molar-refractivity contribution in [3.05, 3.63) is 30.1 Å². The number of aryl methyl sites for hydroxylation is 1. The average molecular weight is 259 g/mol. The number of unbranched alkanes of at least 4 members (excludes halogenated alkanes) is 3. The van der Waals surface area contributed by atoms with Gasteiger partial charge in [0, 0.05) is 30.9 Å². The quantitative estimate of drug-likeness (QED) is 0.732. The molecule has 0 aliphatic heterocycles. The summed E-state index contributed by atoms with van der Waals surface area (Å²) in [6.45, 7) is 7.41. The van der Waals surface area contributed by atoms with Gasteiger partial charge in [-0.25, -0.2) is 4.98 Å². The third kappa shape index (κ3) is 3.57. The highest BCUT2D eigenvalue weighted by Gasteiger charge is 2.08.